The van der Waals surface area contributed by atoms with Gasteiger partial charge in [0.05, 0.1) is 18.2 Å². The van der Waals surface area contributed by atoms with E-state index in [1.54, 1.807) is 6.07 Å². The summed E-state index contributed by atoms with van der Waals surface area (Å²) in [6, 6.07) is 12.9. The van der Waals surface area contributed by atoms with Crippen LogP contribution in [0.15, 0.2) is 42.5 Å². The summed E-state index contributed by atoms with van der Waals surface area (Å²) in [5.74, 6) is 2.11. The van der Waals surface area contributed by atoms with Gasteiger partial charge in [-0.05, 0) is 30.3 Å². The molecular formula is C22H25ClN2O4. The Morgan fingerprint density at radius 1 is 1.00 bits per heavy atom. The third kappa shape index (κ3) is 4.95. The third-order valence-corrected chi connectivity index (χ3v) is 5.47. The van der Waals surface area contributed by atoms with Gasteiger partial charge in [-0.15, -0.1) is 0 Å². The number of nitrogens with zero attached hydrogens (tertiary/aromatic N) is 2. The first-order chi connectivity index (χ1) is 14.2. The van der Waals surface area contributed by atoms with Gasteiger partial charge >= 0.3 is 0 Å². The van der Waals surface area contributed by atoms with Crippen LogP contribution in [0.5, 0.6) is 17.2 Å². The first-order valence-electron chi connectivity index (χ1n) is 9.99. The van der Waals surface area contributed by atoms with Crippen LogP contribution in [0.4, 0.5) is 0 Å². The van der Waals surface area contributed by atoms with E-state index in [1.807, 2.05) is 41.3 Å². The van der Waals surface area contributed by atoms with Crippen molar-refractivity contribution in [2.45, 2.75) is 6.42 Å². The number of carbonyl (C=O) groups is 1. The number of carbonyl (C=O) groups excluding carboxylic acids is 1. The summed E-state index contributed by atoms with van der Waals surface area (Å²) in [6.45, 7) is 5.65. The summed E-state index contributed by atoms with van der Waals surface area (Å²) in [4.78, 5) is 17.1. The number of ether oxygens (including phenoxy) is 3. The van der Waals surface area contributed by atoms with Gasteiger partial charge in [0.25, 0.3) is 5.91 Å². The Bertz CT molecular complexity index is 852. The standard InChI is InChI=1S/C22H25ClN2O4/c23-18-4-1-2-5-19(18)29-15-12-24-8-10-25(11-9-24)22(26)17-6-7-20-21(16-17)28-14-3-13-27-20/h1-2,4-7,16H,3,8-15H2. The SMILES string of the molecule is O=C(c1ccc2c(c1)OCCCO2)N1CCN(CCOc2ccccc2Cl)CC1. The predicted octanol–water partition coefficient (Wildman–Crippen LogP) is 3.34. The number of fused-ring (bicyclic) bond motifs is 1. The van der Waals surface area contributed by atoms with Crippen molar-refractivity contribution < 1.29 is 19.0 Å². The normalized spacial score (nSPS) is 16.9. The lowest BCUT2D eigenvalue weighted by Crippen LogP contribution is -2.49. The van der Waals surface area contributed by atoms with E-state index in [2.05, 4.69) is 4.90 Å². The van der Waals surface area contributed by atoms with Gasteiger partial charge in [0.1, 0.15) is 12.4 Å². The van der Waals surface area contributed by atoms with E-state index in [4.69, 9.17) is 25.8 Å². The van der Waals surface area contributed by atoms with Crippen molar-refractivity contribution in [3.8, 4) is 17.2 Å². The first-order valence-corrected chi connectivity index (χ1v) is 10.4. The van der Waals surface area contributed by atoms with Crippen molar-refractivity contribution in [1.29, 1.82) is 0 Å². The molecular weight excluding hydrogens is 392 g/mol. The van der Waals surface area contributed by atoms with E-state index in [0.29, 0.717) is 60.7 Å². The summed E-state index contributed by atoms with van der Waals surface area (Å²) in [6.07, 6.45) is 0.847. The summed E-state index contributed by atoms with van der Waals surface area (Å²) < 4.78 is 17.1. The molecule has 2 aromatic carbocycles. The molecule has 0 radical (unpaired) electrons. The number of benzene rings is 2. The molecule has 0 saturated carbocycles. The zero-order valence-corrected chi connectivity index (χ0v) is 17.1. The van der Waals surface area contributed by atoms with Crippen LogP contribution in [0, 0.1) is 0 Å². The Labute approximate surface area is 175 Å². The molecule has 1 amide bonds. The molecule has 7 heteroatoms. The number of halogens is 1. The molecule has 0 unspecified atom stereocenters. The highest BCUT2D eigenvalue weighted by molar-refractivity contribution is 6.32. The molecule has 0 aliphatic carbocycles. The zero-order chi connectivity index (χ0) is 20.1. The molecule has 6 nitrogen and oxygen atoms in total. The van der Waals surface area contributed by atoms with E-state index in [0.717, 1.165) is 26.1 Å². The second kappa shape index (κ2) is 9.37. The van der Waals surface area contributed by atoms with Crippen LogP contribution in [-0.4, -0.2) is 68.3 Å². The van der Waals surface area contributed by atoms with E-state index in [-0.39, 0.29) is 5.91 Å². The second-order valence-corrected chi connectivity index (χ2v) is 7.53. The number of piperazine rings is 1. The molecule has 0 N–H and O–H groups in total. The van der Waals surface area contributed by atoms with Gasteiger partial charge in [-0.1, -0.05) is 23.7 Å². The van der Waals surface area contributed by atoms with Gasteiger partial charge in [-0.3, -0.25) is 9.69 Å². The fourth-order valence-corrected chi connectivity index (χ4v) is 3.69. The summed E-state index contributed by atoms with van der Waals surface area (Å²) in [7, 11) is 0. The zero-order valence-electron chi connectivity index (χ0n) is 16.3. The molecule has 0 spiro atoms. The van der Waals surface area contributed by atoms with Crippen LogP contribution in [0.3, 0.4) is 0 Å². The second-order valence-electron chi connectivity index (χ2n) is 7.12. The lowest BCUT2D eigenvalue weighted by Gasteiger charge is -2.34. The number of rotatable bonds is 5. The Hall–Kier alpha value is -2.44. The molecule has 2 aliphatic heterocycles. The molecule has 0 aromatic heterocycles. The summed E-state index contributed by atoms with van der Waals surface area (Å²) >= 11 is 6.11. The highest BCUT2D eigenvalue weighted by atomic mass is 35.5. The van der Waals surface area contributed by atoms with Crippen molar-refractivity contribution in [1.82, 2.24) is 9.80 Å². The molecule has 2 aromatic rings. The van der Waals surface area contributed by atoms with E-state index < -0.39 is 0 Å². The molecule has 154 valence electrons. The summed E-state index contributed by atoms with van der Waals surface area (Å²) in [5, 5.41) is 0.623. The van der Waals surface area contributed by atoms with Crippen molar-refractivity contribution in [3.63, 3.8) is 0 Å². The quantitative estimate of drug-likeness (QED) is 0.748. The minimum atomic E-state index is 0.0348. The molecule has 2 aliphatic rings. The molecule has 29 heavy (non-hydrogen) atoms. The van der Waals surface area contributed by atoms with Gasteiger partial charge in [-0.25, -0.2) is 0 Å². The lowest BCUT2D eigenvalue weighted by molar-refractivity contribution is 0.0620. The highest BCUT2D eigenvalue weighted by Crippen LogP contribution is 2.31. The predicted molar refractivity (Wildman–Crippen MR) is 111 cm³/mol. The van der Waals surface area contributed by atoms with Crippen molar-refractivity contribution in [2.24, 2.45) is 0 Å². The van der Waals surface area contributed by atoms with Gasteiger partial charge < -0.3 is 19.1 Å². The molecule has 0 bridgehead atoms. The average molecular weight is 417 g/mol. The van der Waals surface area contributed by atoms with Crippen LogP contribution in [-0.2, 0) is 0 Å². The van der Waals surface area contributed by atoms with Gasteiger partial charge in [0.15, 0.2) is 11.5 Å². The number of amides is 1. The van der Waals surface area contributed by atoms with Crippen LogP contribution >= 0.6 is 11.6 Å². The van der Waals surface area contributed by atoms with Crippen LogP contribution < -0.4 is 14.2 Å². The van der Waals surface area contributed by atoms with Crippen molar-refractivity contribution in [2.75, 3.05) is 52.5 Å². The Morgan fingerprint density at radius 2 is 1.76 bits per heavy atom. The molecule has 0 atom stereocenters. The Balaban J connectivity index is 1.26. The smallest absolute Gasteiger partial charge is 0.254 e. The lowest BCUT2D eigenvalue weighted by atomic mass is 10.1. The van der Waals surface area contributed by atoms with E-state index >= 15 is 0 Å². The maximum absolute atomic E-state index is 12.9. The minimum Gasteiger partial charge on any atom is -0.491 e. The monoisotopic (exact) mass is 416 g/mol. The first kappa shape index (κ1) is 19.9. The van der Waals surface area contributed by atoms with Crippen LogP contribution in [0.25, 0.3) is 0 Å². The van der Waals surface area contributed by atoms with Crippen LogP contribution in [0.2, 0.25) is 5.02 Å². The van der Waals surface area contributed by atoms with E-state index in [1.165, 1.54) is 0 Å². The third-order valence-electron chi connectivity index (χ3n) is 5.16. The number of hydrogen-bond donors (Lipinski definition) is 0. The number of hydrogen-bond acceptors (Lipinski definition) is 5. The fourth-order valence-electron chi connectivity index (χ4n) is 3.50. The maximum Gasteiger partial charge on any atom is 0.254 e. The Kier molecular flexibility index (Phi) is 6.42. The fraction of sp³-hybridized carbons (Fsp3) is 0.409. The summed E-state index contributed by atoms with van der Waals surface area (Å²) in [5.41, 5.74) is 0.643. The number of para-hydroxylation sites is 1. The molecule has 4 rings (SSSR count). The average Bonchev–Trinajstić information content (AvgIpc) is 3.00. The van der Waals surface area contributed by atoms with E-state index in [9.17, 15) is 4.79 Å². The van der Waals surface area contributed by atoms with Crippen molar-refractivity contribution in [3.05, 3.63) is 53.1 Å². The minimum absolute atomic E-state index is 0.0348. The largest absolute Gasteiger partial charge is 0.491 e. The van der Waals surface area contributed by atoms with Crippen LogP contribution in [0.1, 0.15) is 16.8 Å². The topological polar surface area (TPSA) is 51.2 Å². The van der Waals surface area contributed by atoms with Crippen molar-refractivity contribution >= 4 is 17.5 Å². The molecule has 1 saturated heterocycles. The molecule has 2 heterocycles. The maximum atomic E-state index is 12.9. The van der Waals surface area contributed by atoms with Gasteiger partial charge in [-0.2, -0.15) is 0 Å². The van der Waals surface area contributed by atoms with Gasteiger partial charge in [0.2, 0.25) is 0 Å². The van der Waals surface area contributed by atoms with Gasteiger partial charge in [0, 0.05) is 44.7 Å². The molecule has 1 fully saturated rings. The Morgan fingerprint density at radius 3 is 2.55 bits per heavy atom. The highest BCUT2D eigenvalue weighted by Gasteiger charge is 2.23.